The zero-order valence-electron chi connectivity index (χ0n) is 13.2. The number of hydrogen-bond donors (Lipinski definition) is 1. The predicted octanol–water partition coefficient (Wildman–Crippen LogP) is 2.83. The molecule has 1 aliphatic heterocycles. The third kappa shape index (κ3) is 3.99. The monoisotopic (exact) mass is 332 g/mol. The molecular formula is C17H21ClN4O. The van der Waals surface area contributed by atoms with Gasteiger partial charge in [-0.2, -0.15) is 0 Å². The van der Waals surface area contributed by atoms with Crippen LogP contribution in [0.25, 0.3) is 0 Å². The number of nitrogens with one attached hydrogen (secondary N) is 1. The summed E-state index contributed by atoms with van der Waals surface area (Å²) in [5.41, 5.74) is 1.18. The molecule has 1 saturated heterocycles. The topological polar surface area (TPSA) is 44.0 Å². The molecule has 0 saturated carbocycles. The van der Waals surface area contributed by atoms with Crippen molar-refractivity contribution in [2.24, 2.45) is 4.99 Å². The molecule has 0 aliphatic carbocycles. The minimum absolute atomic E-state index is 0.647. The second-order valence-electron chi connectivity index (χ2n) is 5.43. The molecule has 2 heterocycles. The minimum atomic E-state index is 0.647. The van der Waals surface area contributed by atoms with Crippen LogP contribution in [0, 0.1) is 0 Å². The lowest BCUT2D eigenvalue weighted by Crippen LogP contribution is -2.52. The molecule has 0 unspecified atom stereocenters. The molecule has 3 rings (SSSR count). The van der Waals surface area contributed by atoms with Gasteiger partial charge in [0.15, 0.2) is 5.96 Å². The van der Waals surface area contributed by atoms with E-state index in [1.165, 1.54) is 5.69 Å². The van der Waals surface area contributed by atoms with Crippen LogP contribution in [0.3, 0.4) is 0 Å². The third-order valence-electron chi connectivity index (χ3n) is 3.97. The van der Waals surface area contributed by atoms with Crippen LogP contribution < -0.4 is 10.2 Å². The molecule has 0 amide bonds. The summed E-state index contributed by atoms with van der Waals surface area (Å²) in [5, 5.41) is 4.13. The Morgan fingerprint density at radius 3 is 2.70 bits per heavy atom. The Hall–Kier alpha value is -2.14. The van der Waals surface area contributed by atoms with Crippen LogP contribution in [0.5, 0.6) is 0 Å². The van der Waals surface area contributed by atoms with Crippen LogP contribution >= 0.6 is 11.6 Å². The summed E-state index contributed by atoms with van der Waals surface area (Å²) in [6.07, 6.45) is 1.68. The smallest absolute Gasteiger partial charge is 0.194 e. The molecule has 1 fully saturated rings. The SMILES string of the molecule is CN=C(NCc1ccco1)N1CCN(c2cccc(Cl)c2)CC1. The second-order valence-corrected chi connectivity index (χ2v) is 5.87. The summed E-state index contributed by atoms with van der Waals surface area (Å²) >= 11 is 6.08. The van der Waals surface area contributed by atoms with Crippen molar-refractivity contribution in [3.63, 3.8) is 0 Å². The number of rotatable bonds is 3. The summed E-state index contributed by atoms with van der Waals surface area (Å²) in [6.45, 7) is 4.38. The molecule has 0 radical (unpaired) electrons. The summed E-state index contributed by atoms with van der Waals surface area (Å²) in [4.78, 5) is 8.99. The van der Waals surface area contributed by atoms with Gasteiger partial charge in [0.25, 0.3) is 0 Å². The Morgan fingerprint density at radius 1 is 1.22 bits per heavy atom. The van der Waals surface area contributed by atoms with Gasteiger partial charge in [0.2, 0.25) is 0 Å². The Bertz CT molecular complexity index is 648. The maximum atomic E-state index is 6.08. The largest absolute Gasteiger partial charge is 0.467 e. The summed E-state index contributed by atoms with van der Waals surface area (Å²) < 4.78 is 5.35. The van der Waals surface area contributed by atoms with Gasteiger partial charge in [-0.25, -0.2) is 0 Å². The molecule has 0 spiro atoms. The van der Waals surface area contributed by atoms with Gasteiger partial charge in [0, 0.05) is 43.9 Å². The first-order valence-electron chi connectivity index (χ1n) is 7.75. The van der Waals surface area contributed by atoms with E-state index in [1.54, 1.807) is 6.26 Å². The fourth-order valence-corrected chi connectivity index (χ4v) is 2.95. The first-order chi connectivity index (χ1) is 11.3. The zero-order chi connectivity index (χ0) is 16.1. The maximum Gasteiger partial charge on any atom is 0.194 e. The van der Waals surface area contributed by atoms with Crippen molar-refractivity contribution in [2.75, 3.05) is 38.1 Å². The Labute approximate surface area is 141 Å². The Balaban J connectivity index is 1.55. The van der Waals surface area contributed by atoms with Crippen molar-refractivity contribution in [1.29, 1.82) is 0 Å². The fraction of sp³-hybridized carbons (Fsp3) is 0.353. The number of halogens is 1. The van der Waals surface area contributed by atoms with E-state index in [4.69, 9.17) is 16.0 Å². The number of benzene rings is 1. The van der Waals surface area contributed by atoms with E-state index in [0.717, 1.165) is 42.9 Å². The normalized spacial score (nSPS) is 15.8. The molecule has 1 aliphatic rings. The number of anilines is 1. The fourth-order valence-electron chi connectivity index (χ4n) is 2.76. The van der Waals surface area contributed by atoms with E-state index < -0.39 is 0 Å². The minimum Gasteiger partial charge on any atom is -0.467 e. The lowest BCUT2D eigenvalue weighted by molar-refractivity contribution is 0.370. The molecule has 23 heavy (non-hydrogen) atoms. The molecule has 0 atom stereocenters. The van der Waals surface area contributed by atoms with Gasteiger partial charge < -0.3 is 19.5 Å². The van der Waals surface area contributed by atoms with Crippen molar-refractivity contribution >= 4 is 23.2 Å². The molecule has 122 valence electrons. The van der Waals surface area contributed by atoms with Crippen molar-refractivity contribution in [3.8, 4) is 0 Å². The molecule has 0 bridgehead atoms. The summed E-state index contributed by atoms with van der Waals surface area (Å²) in [5.74, 6) is 1.82. The van der Waals surface area contributed by atoms with E-state index in [-0.39, 0.29) is 0 Å². The van der Waals surface area contributed by atoms with Gasteiger partial charge in [-0.1, -0.05) is 17.7 Å². The van der Waals surface area contributed by atoms with Crippen molar-refractivity contribution in [1.82, 2.24) is 10.2 Å². The molecule has 1 aromatic heterocycles. The lowest BCUT2D eigenvalue weighted by atomic mass is 10.2. The second kappa shape index (κ2) is 7.42. The van der Waals surface area contributed by atoms with E-state index in [1.807, 2.05) is 37.4 Å². The highest BCUT2D eigenvalue weighted by atomic mass is 35.5. The molecule has 1 aromatic carbocycles. The van der Waals surface area contributed by atoms with Gasteiger partial charge in [-0.15, -0.1) is 0 Å². The van der Waals surface area contributed by atoms with Crippen LogP contribution in [0.1, 0.15) is 5.76 Å². The summed E-state index contributed by atoms with van der Waals surface area (Å²) in [6, 6.07) is 11.9. The lowest BCUT2D eigenvalue weighted by Gasteiger charge is -2.37. The zero-order valence-corrected chi connectivity index (χ0v) is 14.0. The van der Waals surface area contributed by atoms with Gasteiger partial charge in [-0.3, -0.25) is 4.99 Å². The van der Waals surface area contributed by atoms with E-state index in [0.29, 0.717) is 6.54 Å². The van der Waals surface area contributed by atoms with Gasteiger partial charge in [0.1, 0.15) is 5.76 Å². The molecule has 2 aromatic rings. The average Bonchev–Trinajstić information content (AvgIpc) is 3.09. The van der Waals surface area contributed by atoms with E-state index in [2.05, 4.69) is 26.2 Å². The van der Waals surface area contributed by atoms with Crippen molar-refractivity contribution < 1.29 is 4.42 Å². The Kier molecular flexibility index (Phi) is 5.08. The first-order valence-corrected chi connectivity index (χ1v) is 8.12. The summed E-state index contributed by atoms with van der Waals surface area (Å²) in [7, 11) is 1.81. The number of guanidine groups is 1. The highest BCUT2D eigenvalue weighted by Gasteiger charge is 2.20. The van der Waals surface area contributed by atoms with Crippen molar-refractivity contribution in [3.05, 3.63) is 53.4 Å². The number of piperazine rings is 1. The van der Waals surface area contributed by atoms with Crippen molar-refractivity contribution in [2.45, 2.75) is 6.54 Å². The highest BCUT2D eigenvalue weighted by Crippen LogP contribution is 2.20. The van der Waals surface area contributed by atoms with Gasteiger partial charge in [-0.05, 0) is 30.3 Å². The number of nitrogens with zero attached hydrogens (tertiary/aromatic N) is 3. The van der Waals surface area contributed by atoms with Gasteiger partial charge in [0.05, 0.1) is 12.8 Å². The van der Waals surface area contributed by atoms with Gasteiger partial charge >= 0.3 is 0 Å². The van der Waals surface area contributed by atoms with Crippen LogP contribution in [-0.2, 0) is 6.54 Å². The standard InChI is InChI=1S/C17H21ClN4O/c1-19-17(20-13-16-6-3-11-23-16)22-9-7-21(8-10-22)15-5-2-4-14(18)12-15/h2-6,11-12H,7-10,13H2,1H3,(H,19,20). The molecule has 5 nitrogen and oxygen atoms in total. The molecular weight excluding hydrogens is 312 g/mol. The predicted molar refractivity (Wildman–Crippen MR) is 94.1 cm³/mol. The van der Waals surface area contributed by atoms with E-state index >= 15 is 0 Å². The highest BCUT2D eigenvalue weighted by molar-refractivity contribution is 6.30. The average molecular weight is 333 g/mol. The van der Waals surface area contributed by atoms with E-state index in [9.17, 15) is 0 Å². The quantitative estimate of drug-likeness (QED) is 0.693. The number of hydrogen-bond acceptors (Lipinski definition) is 3. The third-order valence-corrected chi connectivity index (χ3v) is 4.20. The number of furan rings is 1. The Morgan fingerprint density at radius 2 is 2.04 bits per heavy atom. The molecule has 1 N–H and O–H groups in total. The van der Waals surface area contributed by atoms with Crippen LogP contribution in [0.15, 0.2) is 52.1 Å². The van der Waals surface area contributed by atoms with Crippen LogP contribution in [-0.4, -0.2) is 44.1 Å². The van der Waals surface area contributed by atoms with Crippen LogP contribution in [0.2, 0.25) is 5.02 Å². The number of aliphatic imine (C=N–C) groups is 1. The van der Waals surface area contributed by atoms with Crippen LogP contribution in [0.4, 0.5) is 5.69 Å². The maximum absolute atomic E-state index is 6.08. The molecule has 6 heteroatoms. The first kappa shape index (κ1) is 15.7.